The van der Waals surface area contributed by atoms with Gasteiger partial charge in [0.05, 0.1) is 6.04 Å². The normalized spacial score (nSPS) is 19.1. The van der Waals surface area contributed by atoms with Crippen molar-refractivity contribution in [1.82, 2.24) is 4.90 Å². The summed E-state index contributed by atoms with van der Waals surface area (Å²) >= 11 is 1.17. The molecule has 0 aliphatic carbocycles. The average Bonchev–Trinajstić information content (AvgIpc) is 2.81. The SMILES string of the molecule is CC(C)(C)OC(=O)N=C1SC[C@H](COC(=O)OC(C)(C)C)N1C(=O)OC(C)(C)C. The van der Waals surface area contributed by atoms with Gasteiger partial charge in [-0.2, -0.15) is 4.99 Å². The monoisotopic (exact) mass is 432 g/mol. The summed E-state index contributed by atoms with van der Waals surface area (Å²) < 4.78 is 20.9. The second kappa shape index (κ2) is 9.23. The van der Waals surface area contributed by atoms with Gasteiger partial charge in [0.25, 0.3) is 0 Å². The van der Waals surface area contributed by atoms with Crippen LogP contribution >= 0.6 is 11.8 Å². The van der Waals surface area contributed by atoms with E-state index in [1.165, 1.54) is 16.7 Å². The van der Waals surface area contributed by atoms with Crippen LogP contribution in [0.1, 0.15) is 62.3 Å². The van der Waals surface area contributed by atoms with Gasteiger partial charge in [0.15, 0.2) is 5.17 Å². The molecule has 166 valence electrons. The molecule has 0 bridgehead atoms. The van der Waals surface area contributed by atoms with Crippen LogP contribution < -0.4 is 0 Å². The first-order valence-corrected chi connectivity index (χ1v) is 10.3. The maximum Gasteiger partial charge on any atom is 0.508 e. The van der Waals surface area contributed by atoms with Gasteiger partial charge in [0, 0.05) is 5.75 Å². The van der Waals surface area contributed by atoms with Gasteiger partial charge in [0.2, 0.25) is 0 Å². The van der Waals surface area contributed by atoms with Crippen LogP contribution in [0.15, 0.2) is 4.99 Å². The molecule has 0 saturated carbocycles. The number of nitrogens with zero attached hydrogens (tertiary/aromatic N) is 2. The van der Waals surface area contributed by atoms with Crippen LogP contribution in [-0.4, -0.2) is 63.6 Å². The highest BCUT2D eigenvalue weighted by molar-refractivity contribution is 8.14. The van der Waals surface area contributed by atoms with E-state index in [0.717, 1.165) is 0 Å². The topological polar surface area (TPSA) is 104 Å². The Balaban J connectivity index is 2.96. The lowest BCUT2D eigenvalue weighted by atomic mass is 10.2. The molecule has 1 aliphatic rings. The molecule has 1 saturated heterocycles. The van der Waals surface area contributed by atoms with Crippen molar-refractivity contribution in [3.63, 3.8) is 0 Å². The minimum absolute atomic E-state index is 0.130. The van der Waals surface area contributed by atoms with Gasteiger partial charge in [-0.1, -0.05) is 11.8 Å². The molecular formula is C19H32N2O7S. The molecule has 1 aliphatic heterocycles. The second-order valence-corrected chi connectivity index (χ2v) is 10.5. The number of hydrogen-bond acceptors (Lipinski definition) is 8. The third kappa shape index (κ3) is 9.87. The number of ether oxygens (including phenoxy) is 4. The van der Waals surface area contributed by atoms with Crippen molar-refractivity contribution < 1.29 is 33.3 Å². The van der Waals surface area contributed by atoms with Crippen LogP contribution in [0.2, 0.25) is 0 Å². The highest BCUT2D eigenvalue weighted by Crippen LogP contribution is 2.27. The number of aliphatic imine (C=N–C) groups is 1. The summed E-state index contributed by atoms with van der Waals surface area (Å²) in [5.41, 5.74) is -2.17. The first kappa shape index (κ1) is 25.1. The molecule has 10 heteroatoms. The Labute approximate surface area is 176 Å². The van der Waals surface area contributed by atoms with Crippen LogP contribution in [0, 0.1) is 0 Å². The fourth-order valence-corrected chi connectivity index (χ4v) is 3.11. The number of rotatable bonds is 2. The highest BCUT2D eigenvalue weighted by atomic mass is 32.2. The molecule has 0 aromatic carbocycles. The smallest absolute Gasteiger partial charge is 0.443 e. The predicted molar refractivity (Wildman–Crippen MR) is 110 cm³/mol. The minimum Gasteiger partial charge on any atom is -0.443 e. The van der Waals surface area contributed by atoms with Crippen molar-refractivity contribution >= 4 is 35.3 Å². The maximum atomic E-state index is 12.7. The Kier molecular flexibility index (Phi) is 7.98. The molecule has 1 fully saturated rings. The van der Waals surface area contributed by atoms with Crippen molar-refractivity contribution in [1.29, 1.82) is 0 Å². The molecule has 1 heterocycles. The van der Waals surface area contributed by atoms with Gasteiger partial charge in [0.1, 0.15) is 23.4 Å². The number of amidine groups is 1. The van der Waals surface area contributed by atoms with Gasteiger partial charge in [-0.3, -0.25) is 0 Å². The van der Waals surface area contributed by atoms with Crippen LogP contribution in [0.3, 0.4) is 0 Å². The molecule has 0 unspecified atom stereocenters. The quantitative estimate of drug-likeness (QED) is 0.461. The Hall–Kier alpha value is -1.97. The summed E-state index contributed by atoms with van der Waals surface area (Å²) in [6.45, 7) is 15.4. The molecule has 1 atom stereocenters. The Morgan fingerprint density at radius 1 is 0.931 bits per heavy atom. The van der Waals surface area contributed by atoms with Gasteiger partial charge in [-0.15, -0.1) is 0 Å². The number of carbonyl (C=O) groups is 3. The van der Waals surface area contributed by atoms with Gasteiger partial charge < -0.3 is 18.9 Å². The molecule has 0 aromatic rings. The van der Waals surface area contributed by atoms with Crippen molar-refractivity contribution in [2.24, 2.45) is 4.99 Å². The van der Waals surface area contributed by atoms with Crippen LogP contribution in [0.25, 0.3) is 0 Å². The number of amides is 2. The summed E-state index contributed by atoms with van der Waals surface area (Å²) in [7, 11) is 0. The number of thioether (sulfide) groups is 1. The summed E-state index contributed by atoms with van der Waals surface area (Å²) in [5, 5.41) is 0.131. The van der Waals surface area contributed by atoms with E-state index in [0.29, 0.717) is 5.75 Å². The first-order valence-electron chi connectivity index (χ1n) is 9.29. The summed E-state index contributed by atoms with van der Waals surface area (Å²) in [6, 6.07) is -0.566. The number of hydrogen-bond donors (Lipinski definition) is 0. The lowest BCUT2D eigenvalue weighted by Gasteiger charge is -2.28. The van der Waals surface area contributed by atoms with E-state index in [-0.39, 0.29) is 11.8 Å². The minimum atomic E-state index is -0.843. The standard InChI is InChI=1S/C19H32N2O7S/c1-17(2,3)26-14(22)20-13-21(15(23)27-18(4,5)6)12(11-29-13)10-25-16(24)28-19(7,8)9/h12H,10-11H2,1-9H3/t12-/m0/s1. The van der Waals surface area contributed by atoms with Crippen molar-refractivity contribution in [3.8, 4) is 0 Å². The van der Waals surface area contributed by atoms with E-state index < -0.39 is 41.2 Å². The van der Waals surface area contributed by atoms with Crippen molar-refractivity contribution in [2.45, 2.75) is 85.2 Å². The Morgan fingerprint density at radius 2 is 1.45 bits per heavy atom. The van der Waals surface area contributed by atoms with E-state index >= 15 is 0 Å². The Morgan fingerprint density at radius 3 is 1.93 bits per heavy atom. The number of carbonyl (C=O) groups excluding carboxylic acids is 3. The molecule has 9 nitrogen and oxygen atoms in total. The summed E-state index contributed by atoms with van der Waals surface area (Å²) in [5.74, 6) is 0.365. The van der Waals surface area contributed by atoms with Crippen molar-refractivity contribution in [3.05, 3.63) is 0 Å². The first-order chi connectivity index (χ1) is 13.0. The molecule has 0 radical (unpaired) electrons. The second-order valence-electron chi connectivity index (χ2n) is 9.47. The molecule has 0 aromatic heterocycles. The van der Waals surface area contributed by atoms with Crippen LogP contribution in [-0.2, 0) is 18.9 Å². The fraction of sp³-hybridized carbons (Fsp3) is 0.789. The zero-order valence-electron chi connectivity index (χ0n) is 18.7. The summed E-state index contributed by atoms with van der Waals surface area (Å²) in [4.78, 5) is 41.8. The maximum absolute atomic E-state index is 12.7. The van der Waals surface area contributed by atoms with E-state index in [1.54, 1.807) is 62.3 Å². The lowest BCUT2D eigenvalue weighted by molar-refractivity contribution is -0.0160. The van der Waals surface area contributed by atoms with Gasteiger partial charge in [-0.25, -0.2) is 19.3 Å². The van der Waals surface area contributed by atoms with Crippen LogP contribution in [0.4, 0.5) is 14.4 Å². The largest absolute Gasteiger partial charge is 0.508 e. The third-order valence-corrected chi connectivity index (χ3v) is 4.03. The Bertz CT molecular complexity index is 657. The van der Waals surface area contributed by atoms with E-state index in [1.807, 2.05) is 0 Å². The summed E-state index contributed by atoms with van der Waals surface area (Å²) in [6.07, 6.45) is -2.35. The van der Waals surface area contributed by atoms with Gasteiger partial charge in [-0.05, 0) is 62.3 Å². The highest BCUT2D eigenvalue weighted by Gasteiger charge is 2.39. The van der Waals surface area contributed by atoms with E-state index in [2.05, 4.69) is 4.99 Å². The molecule has 2 amide bonds. The van der Waals surface area contributed by atoms with E-state index in [4.69, 9.17) is 18.9 Å². The molecular weight excluding hydrogens is 400 g/mol. The fourth-order valence-electron chi connectivity index (χ4n) is 2.02. The van der Waals surface area contributed by atoms with Crippen molar-refractivity contribution in [2.75, 3.05) is 12.4 Å². The molecule has 0 spiro atoms. The molecule has 0 N–H and O–H groups in total. The molecule has 1 rings (SSSR count). The lowest BCUT2D eigenvalue weighted by Crippen LogP contribution is -2.45. The molecule has 29 heavy (non-hydrogen) atoms. The van der Waals surface area contributed by atoms with Gasteiger partial charge >= 0.3 is 18.3 Å². The van der Waals surface area contributed by atoms with Crippen LogP contribution in [0.5, 0.6) is 0 Å². The zero-order valence-corrected chi connectivity index (χ0v) is 19.5. The third-order valence-electron chi connectivity index (χ3n) is 2.93. The predicted octanol–water partition coefficient (Wildman–Crippen LogP) is 4.58. The zero-order chi connectivity index (χ0) is 22.6. The average molecular weight is 433 g/mol. The van der Waals surface area contributed by atoms with E-state index in [9.17, 15) is 14.4 Å².